The summed E-state index contributed by atoms with van der Waals surface area (Å²) in [5, 5.41) is 3.60. The summed E-state index contributed by atoms with van der Waals surface area (Å²) in [5.74, 6) is 0. The van der Waals surface area contributed by atoms with Gasteiger partial charge in [0.1, 0.15) is 0 Å². The van der Waals surface area contributed by atoms with Gasteiger partial charge in [-0.15, -0.1) is 0 Å². The van der Waals surface area contributed by atoms with Gasteiger partial charge in [-0.2, -0.15) is 0 Å². The summed E-state index contributed by atoms with van der Waals surface area (Å²) in [7, 11) is 0. The van der Waals surface area contributed by atoms with Crippen LogP contribution in [-0.2, 0) is 12.8 Å². The van der Waals surface area contributed by atoms with Gasteiger partial charge in [-0.25, -0.2) is 4.98 Å². The molecule has 3 nitrogen and oxygen atoms in total. The van der Waals surface area contributed by atoms with E-state index in [0.717, 1.165) is 13.0 Å². The van der Waals surface area contributed by atoms with Crippen LogP contribution >= 0.6 is 0 Å². The van der Waals surface area contributed by atoms with Gasteiger partial charge in [-0.3, -0.25) is 0 Å². The Balaban J connectivity index is 1.62. The van der Waals surface area contributed by atoms with E-state index >= 15 is 0 Å². The molecule has 2 aliphatic rings. The molecule has 2 atom stereocenters. The molecule has 20 heavy (non-hydrogen) atoms. The Labute approximate surface area is 120 Å². The van der Waals surface area contributed by atoms with Crippen LogP contribution in [0.25, 0.3) is 0 Å². The van der Waals surface area contributed by atoms with E-state index in [-0.39, 0.29) is 0 Å². The molecule has 4 rings (SSSR count). The smallest absolute Gasteiger partial charge is 0.0951 e. The van der Waals surface area contributed by atoms with Crippen LogP contribution in [0.15, 0.2) is 36.8 Å². The predicted octanol–water partition coefficient (Wildman–Crippen LogP) is 3.04. The standard InChI is InChI=1S/C17H21N3/c1-2-5-14-10-15(8-7-13(14)4-1)20-12-18-11-17(20)16-6-3-9-19-16/h1-2,4-5,11-12,15-16,19H,3,6-10H2. The number of benzene rings is 1. The Kier molecular flexibility index (Phi) is 3.07. The molecule has 1 saturated heterocycles. The molecular weight excluding hydrogens is 246 g/mol. The maximum atomic E-state index is 4.42. The number of fused-ring (bicyclic) bond motifs is 1. The maximum absolute atomic E-state index is 4.42. The van der Waals surface area contributed by atoms with E-state index in [9.17, 15) is 0 Å². The van der Waals surface area contributed by atoms with E-state index in [1.807, 2.05) is 6.33 Å². The van der Waals surface area contributed by atoms with Crippen molar-refractivity contribution in [2.45, 2.75) is 44.2 Å². The summed E-state index contributed by atoms with van der Waals surface area (Å²) in [4.78, 5) is 4.42. The molecule has 1 aliphatic heterocycles. The lowest BCUT2D eigenvalue weighted by Crippen LogP contribution is -2.23. The second kappa shape index (κ2) is 5.06. The zero-order chi connectivity index (χ0) is 13.4. The van der Waals surface area contributed by atoms with Gasteiger partial charge in [0.05, 0.1) is 12.0 Å². The van der Waals surface area contributed by atoms with Gasteiger partial charge < -0.3 is 9.88 Å². The lowest BCUT2D eigenvalue weighted by molar-refractivity contribution is 0.415. The third kappa shape index (κ3) is 2.06. The molecular formula is C17H21N3. The molecule has 1 N–H and O–H groups in total. The van der Waals surface area contributed by atoms with Gasteiger partial charge >= 0.3 is 0 Å². The summed E-state index contributed by atoms with van der Waals surface area (Å²) in [6, 6.07) is 9.96. The van der Waals surface area contributed by atoms with Gasteiger partial charge in [-0.05, 0) is 49.8 Å². The molecule has 104 valence electrons. The Hall–Kier alpha value is -1.61. The minimum absolute atomic E-state index is 0.509. The molecule has 1 aromatic heterocycles. The average molecular weight is 267 g/mol. The highest BCUT2D eigenvalue weighted by Crippen LogP contribution is 2.32. The van der Waals surface area contributed by atoms with E-state index in [2.05, 4.69) is 45.3 Å². The van der Waals surface area contributed by atoms with Crippen molar-refractivity contribution >= 4 is 0 Å². The van der Waals surface area contributed by atoms with Gasteiger partial charge in [0.2, 0.25) is 0 Å². The fourth-order valence-electron chi connectivity index (χ4n) is 3.74. The fraction of sp³-hybridized carbons (Fsp3) is 0.471. The number of nitrogens with one attached hydrogen (secondary N) is 1. The van der Waals surface area contributed by atoms with Crippen LogP contribution in [0.3, 0.4) is 0 Å². The first-order valence-electron chi connectivity index (χ1n) is 7.74. The van der Waals surface area contributed by atoms with E-state index in [1.165, 1.54) is 42.5 Å². The van der Waals surface area contributed by atoms with Crippen LogP contribution in [0.2, 0.25) is 0 Å². The molecule has 0 radical (unpaired) electrons. The number of imidazole rings is 1. The normalized spacial score (nSPS) is 25.6. The lowest BCUT2D eigenvalue weighted by Gasteiger charge is -2.28. The molecule has 0 saturated carbocycles. The van der Waals surface area contributed by atoms with E-state index in [4.69, 9.17) is 0 Å². The largest absolute Gasteiger partial charge is 0.330 e. The lowest BCUT2D eigenvalue weighted by atomic mass is 9.88. The van der Waals surface area contributed by atoms with Crippen molar-refractivity contribution in [2.24, 2.45) is 0 Å². The second-order valence-electron chi connectivity index (χ2n) is 6.04. The first-order valence-corrected chi connectivity index (χ1v) is 7.74. The summed E-state index contributed by atoms with van der Waals surface area (Å²) in [6.07, 6.45) is 10.2. The topological polar surface area (TPSA) is 29.9 Å². The molecule has 0 amide bonds. The first kappa shape index (κ1) is 12.2. The number of aryl methyl sites for hydroxylation is 1. The third-order valence-electron chi connectivity index (χ3n) is 4.83. The number of nitrogens with zero attached hydrogens (tertiary/aromatic N) is 2. The van der Waals surface area contributed by atoms with Crippen LogP contribution in [0.5, 0.6) is 0 Å². The zero-order valence-electron chi connectivity index (χ0n) is 11.8. The number of aromatic nitrogens is 2. The van der Waals surface area contributed by atoms with Crippen LogP contribution in [0.4, 0.5) is 0 Å². The maximum Gasteiger partial charge on any atom is 0.0951 e. The van der Waals surface area contributed by atoms with Crippen molar-refractivity contribution < 1.29 is 0 Å². The van der Waals surface area contributed by atoms with Crippen molar-refractivity contribution in [3.63, 3.8) is 0 Å². The quantitative estimate of drug-likeness (QED) is 0.906. The highest BCUT2D eigenvalue weighted by Gasteiger charge is 2.25. The molecule has 3 heteroatoms. The first-order chi connectivity index (χ1) is 9.92. The zero-order valence-corrected chi connectivity index (χ0v) is 11.8. The van der Waals surface area contributed by atoms with Gasteiger partial charge in [0.25, 0.3) is 0 Å². The molecule has 2 unspecified atom stereocenters. The third-order valence-corrected chi connectivity index (χ3v) is 4.83. The van der Waals surface area contributed by atoms with Gasteiger partial charge in [0.15, 0.2) is 0 Å². The summed E-state index contributed by atoms with van der Waals surface area (Å²) in [6.45, 7) is 1.14. The summed E-state index contributed by atoms with van der Waals surface area (Å²) < 4.78 is 2.43. The molecule has 1 aliphatic carbocycles. The van der Waals surface area contributed by atoms with Crippen molar-refractivity contribution in [3.05, 3.63) is 53.6 Å². The van der Waals surface area contributed by atoms with Gasteiger partial charge in [-0.1, -0.05) is 24.3 Å². The molecule has 2 heterocycles. The average Bonchev–Trinajstić information content (AvgIpc) is 3.17. The number of rotatable bonds is 2. The predicted molar refractivity (Wildman–Crippen MR) is 79.7 cm³/mol. The van der Waals surface area contributed by atoms with Crippen molar-refractivity contribution in [1.29, 1.82) is 0 Å². The van der Waals surface area contributed by atoms with Crippen molar-refractivity contribution in [3.8, 4) is 0 Å². The van der Waals surface area contributed by atoms with E-state index in [1.54, 1.807) is 0 Å². The number of hydrogen-bond donors (Lipinski definition) is 1. The van der Waals surface area contributed by atoms with Crippen LogP contribution in [0.1, 0.15) is 48.2 Å². The van der Waals surface area contributed by atoms with Gasteiger partial charge in [0, 0.05) is 18.3 Å². The van der Waals surface area contributed by atoms with Crippen LogP contribution < -0.4 is 5.32 Å². The minimum Gasteiger partial charge on any atom is -0.330 e. The minimum atomic E-state index is 0.509. The Bertz CT molecular complexity index is 596. The molecule has 1 aromatic carbocycles. The highest BCUT2D eigenvalue weighted by molar-refractivity contribution is 5.30. The second-order valence-corrected chi connectivity index (χ2v) is 6.04. The summed E-state index contributed by atoms with van der Waals surface area (Å²) >= 11 is 0. The fourth-order valence-corrected chi connectivity index (χ4v) is 3.74. The highest BCUT2D eigenvalue weighted by atomic mass is 15.1. The Morgan fingerprint density at radius 1 is 1.15 bits per heavy atom. The molecule has 2 aromatic rings. The Morgan fingerprint density at radius 2 is 2.05 bits per heavy atom. The Morgan fingerprint density at radius 3 is 2.90 bits per heavy atom. The van der Waals surface area contributed by atoms with Crippen molar-refractivity contribution in [2.75, 3.05) is 6.54 Å². The van der Waals surface area contributed by atoms with Crippen LogP contribution in [-0.4, -0.2) is 16.1 Å². The van der Waals surface area contributed by atoms with Crippen molar-refractivity contribution in [1.82, 2.24) is 14.9 Å². The van der Waals surface area contributed by atoms with E-state index < -0.39 is 0 Å². The van der Waals surface area contributed by atoms with Crippen LogP contribution in [0, 0.1) is 0 Å². The molecule has 0 spiro atoms. The van der Waals surface area contributed by atoms with E-state index in [0.29, 0.717) is 12.1 Å². The SMILES string of the molecule is c1ccc2c(c1)CCC(n1cncc1C1CCCN1)C2. The number of hydrogen-bond acceptors (Lipinski definition) is 2. The molecule has 0 bridgehead atoms. The summed E-state index contributed by atoms with van der Waals surface area (Å²) in [5.41, 5.74) is 4.43. The molecule has 1 fully saturated rings. The monoisotopic (exact) mass is 267 g/mol.